The number of amides is 1. The fourth-order valence-electron chi connectivity index (χ4n) is 1.65. The monoisotopic (exact) mass is 259 g/mol. The van der Waals surface area contributed by atoms with Crippen LogP contribution in [-0.2, 0) is 6.54 Å². The van der Waals surface area contributed by atoms with Gasteiger partial charge in [-0.3, -0.25) is 9.78 Å². The number of nitrogens with one attached hydrogen (secondary N) is 2. The third-order valence-corrected chi connectivity index (χ3v) is 2.65. The molecule has 2 aromatic rings. The van der Waals surface area contributed by atoms with Crippen molar-refractivity contribution in [1.29, 1.82) is 0 Å². The molecule has 0 bridgehead atoms. The number of nitrogens with zero attached hydrogens (tertiary/aromatic N) is 1. The SMILES string of the molecule is O=C(NCCCNCc1cccnc1)c1ccoc1. The van der Waals surface area contributed by atoms with Crippen LogP contribution in [0.15, 0.2) is 47.5 Å². The Labute approximate surface area is 112 Å². The number of aromatic nitrogens is 1. The molecule has 5 nitrogen and oxygen atoms in total. The predicted octanol–water partition coefficient (Wildman–Crippen LogP) is 1.58. The van der Waals surface area contributed by atoms with Crippen molar-refractivity contribution in [1.82, 2.24) is 15.6 Å². The zero-order chi connectivity index (χ0) is 13.3. The van der Waals surface area contributed by atoms with Gasteiger partial charge in [0, 0.05) is 25.5 Å². The van der Waals surface area contributed by atoms with Crippen LogP contribution in [-0.4, -0.2) is 24.0 Å². The van der Waals surface area contributed by atoms with Gasteiger partial charge in [0.2, 0.25) is 0 Å². The summed E-state index contributed by atoms with van der Waals surface area (Å²) in [5, 5.41) is 6.13. The molecule has 0 atom stereocenters. The van der Waals surface area contributed by atoms with Crippen LogP contribution in [0.4, 0.5) is 0 Å². The van der Waals surface area contributed by atoms with Crippen LogP contribution in [0, 0.1) is 0 Å². The molecule has 0 saturated carbocycles. The highest BCUT2D eigenvalue weighted by Crippen LogP contribution is 1.98. The van der Waals surface area contributed by atoms with E-state index in [-0.39, 0.29) is 5.91 Å². The fourth-order valence-corrected chi connectivity index (χ4v) is 1.65. The average Bonchev–Trinajstić information content (AvgIpc) is 2.98. The first-order valence-electron chi connectivity index (χ1n) is 6.26. The summed E-state index contributed by atoms with van der Waals surface area (Å²) in [5.74, 6) is -0.0963. The van der Waals surface area contributed by atoms with Gasteiger partial charge in [-0.2, -0.15) is 0 Å². The van der Waals surface area contributed by atoms with Gasteiger partial charge < -0.3 is 15.1 Å². The van der Waals surface area contributed by atoms with E-state index < -0.39 is 0 Å². The van der Waals surface area contributed by atoms with Crippen molar-refractivity contribution < 1.29 is 9.21 Å². The summed E-state index contributed by atoms with van der Waals surface area (Å²) >= 11 is 0. The van der Waals surface area contributed by atoms with E-state index in [2.05, 4.69) is 15.6 Å². The lowest BCUT2D eigenvalue weighted by Gasteiger charge is -2.05. The van der Waals surface area contributed by atoms with Gasteiger partial charge in [0.1, 0.15) is 6.26 Å². The molecule has 0 radical (unpaired) electrons. The van der Waals surface area contributed by atoms with E-state index in [1.54, 1.807) is 12.3 Å². The maximum Gasteiger partial charge on any atom is 0.254 e. The van der Waals surface area contributed by atoms with E-state index in [1.165, 1.54) is 12.5 Å². The van der Waals surface area contributed by atoms with Crippen LogP contribution in [0.2, 0.25) is 0 Å². The van der Waals surface area contributed by atoms with Gasteiger partial charge in [-0.1, -0.05) is 6.07 Å². The van der Waals surface area contributed by atoms with E-state index in [1.807, 2.05) is 18.3 Å². The summed E-state index contributed by atoms with van der Waals surface area (Å²) < 4.78 is 4.85. The standard InChI is InChI=1S/C14H17N3O2/c18-14(13-4-8-19-11-13)17-7-2-6-16-10-12-3-1-5-15-9-12/h1,3-5,8-9,11,16H,2,6-7,10H2,(H,17,18). The Balaban J connectivity index is 1.54. The Morgan fingerprint density at radius 1 is 1.32 bits per heavy atom. The summed E-state index contributed by atoms with van der Waals surface area (Å²) in [4.78, 5) is 15.6. The molecule has 0 aliphatic rings. The van der Waals surface area contributed by atoms with Crippen LogP contribution in [0.1, 0.15) is 22.3 Å². The maximum atomic E-state index is 11.6. The summed E-state index contributed by atoms with van der Waals surface area (Å²) in [5.41, 5.74) is 1.72. The van der Waals surface area contributed by atoms with Gasteiger partial charge in [0.15, 0.2) is 0 Å². The quantitative estimate of drug-likeness (QED) is 0.741. The Morgan fingerprint density at radius 3 is 3.00 bits per heavy atom. The Morgan fingerprint density at radius 2 is 2.26 bits per heavy atom. The molecule has 2 rings (SSSR count). The van der Waals surface area contributed by atoms with Crippen molar-refractivity contribution in [3.8, 4) is 0 Å². The van der Waals surface area contributed by atoms with Gasteiger partial charge in [-0.25, -0.2) is 0 Å². The van der Waals surface area contributed by atoms with E-state index >= 15 is 0 Å². The molecule has 100 valence electrons. The second-order valence-electron chi connectivity index (χ2n) is 4.16. The minimum absolute atomic E-state index is 0.0963. The molecule has 1 amide bonds. The number of hydrogen-bond acceptors (Lipinski definition) is 4. The van der Waals surface area contributed by atoms with Gasteiger partial charge in [-0.15, -0.1) is 0 Å². The maximum absolute atomic E-state index is 11.6. The topological polar surface area (TPSA) is 67.2 Å². The normalized spacial score (nSPS) is 10.3. The van der Waals surface area contributed by atoms with Gasteiger partial charge in [0.05, 0.1) is 11.8 Å². The number of furan rings is 1. The molecule has 0 spiro atoms. The van der Waals surface area contributed by atoms with Crippen LogP contribution in [0.5, 0.6) is 0 Å². The first kappa shape index (κ1) is 13.3. The zero-order valence-corrected chi connectivity index (χ0v) is 10.6. The minimum Gasteiger partial charge on any atom is -0.472 e. The lowest BCUT2D eigenvalue weighted by Crippen LogP contribution is -2.26. The van der Waals surface area contributed by atoms with Crippen molar-refractivity contribution in [3.05, 3.63) is 54.2 Å². The molecule has 0 fully saturated rings. The molecule has 0 aliphatic carbocycles. The number of carbonyl (C=O) groups is 1. The molecule has 0 aromatic carbocycles. The highest BCUT2D eigenvalue weighted by molar-refractivity contribution is 5.93. The fraction of sp³-hybridized carbons (Fsp3) is 0.286. The largest absolute Gasteiger partial charge is 0.472 e. The highest BCUT2D eigenvalue weighted by Gasteiger charge is 2.04. The van der Waals surface area contributed by atoms with Crippen molar-refractivity contribution in [2.24, 2.45) is 0 Å². The molecule has 2 N–H and O–H groups in total. The lowest BCUT2D eigenvalue weighted by molar-refractivity contribution is 0.0952. The summed E-state index contributed by atoms with van der Waals surface area (Å²) in [6.07, 6.45) is 7.41. The van der Waals surface area contributed by atoms with Gasteiger partial charge >= 0.3 is 0 Å². The van der Waals surface area contributed by atoms with Gasteiger partial charge in [0.25, 0.3) is 5.91 Å². The van der Waals surface area contributed by atoms with Crippen LogP contribution >= 0.6 is 0 Å². The molecule has 19 heavy (non-hydrogen) atoms. The molecule has 5 heteroatoms. The predicted molar refractivity (Wildman–Crippen MR) is 71.6 cm³/mol. The molecule has 2 heterocycles. The highest BCUT2D eigenvalue weighted by atomic mass is 16.3. The summed E-state index contributed by atoms with van der Waals surface area (Å²) in [6.45, 7) is 2.29. The zero-order valence-electron chi connectivity index (χ0n) is 10.6. The van der Waals surface area contributed by atoms with Crippen LogP contribution < -0.4 is 10.6 Å². The van der Waals surface area contributed by atoms with Crippen LogP contribution in [0.3, 0.4) is 0 Å². The average molecular weight is 259 g/mol. The van der Waals surface area contributed by atoms with E-state index in [0.717, 1.165) is 25.1 Å². The van der Waals surface area contributed by atoms with Crippen molar-refractivity contribution in [2.75, 3.05) is 13.1 Å². The minimum atomic E-state index is -0.0963. The molecule has 0 unspecified atom stereocenters. The molecular weight excluding hydrogens is 242 g/mol. The summed E-state index contributed by atoms with van der Waals surface area (Å²) in [7, 11) is 0. The molecule has 2 aromatic heterocycles. The number of pyridine rings is 1. The second-order valence-corrected chi connectivity index (χ2v) is 4.16. The van der Waals surface area contributed by atoms with Crippen molar-refractivity contribution in [2.45, 2.75) is 13.0 Å². The summed E-state index contributed by atoms with van der Waals surface area (Å²) in [6, 6.07) is 5.60. The Bertz CT molecular complexity index is 483. The number of hydrogen-bond donors (Lipinski definition) is 2. The van der Waals surface area contributed by atoms with Gasteiger partial charge in [-0.05, 0) is 30.7 Å². The third kappa shape index (κ3) is 4.56. The third-order valence-electron chi connectivity index (χ3n) is 2.65. The Kier molecular flexibility index (Phi) is 5.13. The first-order chi connectivity index (χ1) is 9.36. The van der Waals surface area contributed by atoms with E-state index in [4.69, 9.17) is 4.42 Å². The molecular formula is C14H17N3O2. The number of carbonyl (C=O) groups excluding carboxylic acids is 1. The van der Waals surface area contributed by atoms with Crippen LogP contribution in [0.25, 0.3) is 0 Å². The lowest BCUT2D eigenvalue weighted by atomic mass is 10.3. The first-order valence-corrected chi connectivity index (χ1v) is 6.26. The van der Waals surface area contributed by atoms with E-state index in [0.29, 0.717) is 12.1 Å². The molecule has 0 saturated heterocycles. The molecule has 0 aliphatic heterocycles. The smallest absolute Gasteiger partial charge is 0.254 e. The van der Waals surface area contributed by atoms with E-state index in [9.17, 15) is 4.79 Å². The second kappa shape index (κ2) is 7.33. The van der Waals surface area contributed by atoms with Crippen molar-refractivity contribution >= 4 is 5.91 Å². The Hall–Kier alpha value is -2.14. The van der Waals surface area contributed by atoms with Crippen molar-refractivity contribution in [3.63, 3.8) is 0 Å². The number of rotatable bonds is 7.